The molecule has 0 aliphatic rings. The van der Waals surface area contributed by atoms with E-state index >= 15 is 0 Å². The largest absolute Gasteiger partial charge is 0.479 e. The summed E-state index contributed by atoms with van der Waals surface area (Å²) >= 11 is 0. The summed E-state index contributed by atoms with van der Waals surface area (Å²) in [5.41, 5.74) is 0.869. The van der Waals surface area contributed by atoms with E-state index in [0.717, 1.165) is 5.56 Å². The normalized spacial score (nSPS) is 13.5. The van der Waals surface area contributed by atoms with Crippen molar-refractivity contribution in [2.45, 2.75) is 25.8 Å². The van der Waals surface area contributed by atoms with Crippen molar-refractivity contribution in [2.75, 3.05) is 5.32 Å². The number of hydrogen-bond donors (Lipinski definition) is 2. The highest BCUT2D eigenvalue weighted by Crippen LogP contribution is 2.30. The van der Waals surface area contributed by atoms with Gasteiger partial charge in [0, 0.05) is 5.69 Å². The lowest BCUT2D eigenvalue weighted by Gasteiger charge is -2.31. The Morgan fingerprint density at radius 2 is 1.90 bits per heavy atom. The van der Waals surface area contributed by atoms with Crippen LogP contribution in [-0.2, 0) is 10.3 Å². The minimum atomic E-state index is -1.28. The first-order valence-corrected chi connectivity index (χ1v) is 6.82. The Labute approximate surface area is 123 Å². The molecule has 1 atom stereocenters. The lowest BCUT2D eigenvalue weighted by atomic mass is 9.86. The Hall–Kier alpha value is -2.36. The number of aliphatic carboxylic acids is 1. The van der Waals surface area contributed by atoms with Crippen LogP contribution in [0.1, 0.15) is 24.5 Å². The molecule has 0 saturated heterocycles. The zero-order valence-electron chi connectivity index (χ0n) is 12.1. The molecule has 0 aliphatic heterocycles. The van der Waals surface area contributed by atoms with Crippen LogP contribution in [0.25, 0.3) is 0 Å². The second kappa shape index (κ2) is 5.95. The molecule has 0 amide bonds. The predicted molar refractivity (Wildman–Crippen MR) is 80.8 cm³/mol. The maximum absolute atomic E-state index is 13.3. The quantitative estimate of drug-likeness (QED) is 0.875. The molecule has 0 spiro atoms. The van der Waals surface area contributed by atoms with E-state index in [-0.39, 0.29) is 0 Å². The van der Waals surface area contributed by atoms with Crippen LogP contribution in [0.3, 0.4) is 0 Å². The molecule has 2 aromatic carbocycles. The number of benzene rings is 2. The van der Waals surface area contributed by atoms with E-state index in [1.165, 1.54) is 12.1 Å². The molecule has 2 aromatic rings. The van der Waals surface area contributed by atoms with Crippen molar-refractivity contribution in [1.82, 2.24) is 0 Å². The van der Waals surface area contributed by atoms with Crippen molar-refractivity contribution in [3.05, 3.63) is 65.5 Å². The monoisotopic (exact) mass is 287 g/mol. The summed E-state index contributed by atoms with van der Waals surface area (Å²) in [6.45, 7) is 3.73. The van der Waals surface area contributed by atoms with Gasteiger partial charge in [0.15, 0.2) is 5.54 Å². The third-order valence-electron chi connectivity index (χ3n) is 3.62. The molecule has 1 unspecified atom stereocenters. The highest BCUT2D eigenvalue weighted by Gasteiger charge is 2.38. The van der Waals surface area contributed by atoms with Crippen LogP contribution in [0.4, 0.5) is 10.1 Å². The summed E-state index contributed by atoms with van der Waals surface area (Å²) in [5, 5.41) is 12.7. The molecular formula is C17H18FNO2. The highest BCUT2D eigenvalue weighted by molar-refractivity contribution is 5.84. The Balaban J connectivity index is 2.46. The lowest BCUT2D eigenvalue weighted by molar-refractivity contribution is -0.142. The number of carboxylic acid groups (broad SMARTS) is 1. The topological polar surface area (TPSA) is 49.3 Å². The first kappa shape index (κ1) is 15.0. The van der Waals surface area contributed by atoms with Gasteiger partial charge in [0.2, 0.25) is 0 Å². The molecule has 0 aromatic heterocycles. The minimum absolute atomic E-state index is 0.335. The Morgan fingerprint density at radius 3 is 2.43 bits per heavy atom. The van der Waals surface area contributed by atoms with Crippen molar-refractivity contribution in [3.63, 3.8) is 0 Å². The molecule has 110 valence electrons. The fraction of sp³-hybridized carbons (Fsp3) is 0.235. The third-order valence-corrected chi connectivity index (χ3v) is 3.62. The summed E-state index contributed by atoms with van der Waals surface area (Å²) in [5.74, 6) is -1.39. The zero-order valence-corrected chi connectivity index (χ0v) is 12.1. The van der Waals surface area contributed by atoms with Crippen LogP contribution in [-0.4, -0.2) is 11.1 Å². The second-order valence-corrected chi connectivity index (χ2v) is 5.07. The fourth-order valence-electron chi connectivity index (χ4n) is 2.34. The summed E-state index contributed by atoms with van der Waals surface area (Å²) < 4.78 is 13.3. The van der Waals surface area contributed by atoms with Gasteiger partial charge in [0.25, 0.3) is 0 Å². The number of aryl methyl sites for hydroxylation is 1. The predicted octanol–water partition coefficient (Wildman–Crippen LogP) is 3.94. The molecular weight excluding hydrogens is 269 g/mol. The Morgan fingerprint density at radius 1 is 1.24 bits per heavy atom. The summed E-state index contributed by atoms with van der Waals surface area (Å²) in [7, 11) is 0. The number of hydrogen-bond acceptors (Lipinski definition) is 2. The number of rotatable bonds is 5. The van der Waals surface area contributed by atoms with Gasteiger partial charge in [-0.1, -0.05) is 42.8 Å². The molecule has 0 radical (unpaired) electrons. The van der Waals surface area contributed by atoms with Gasteiger partial charge in [0.1, 0.15) is 5.82 Å². The van der Waals surface area contributed by atoms with Crippen molar-refractivity contribution in [3.8, 4) is 0 Å². The minimum Gasteiger partial charge on any atom is -0.479 e. The first-order chi connectivity index (χ1) is 9.98. The Kier molecular flexibility index (Phi) is 4.26. The van der Waals surface area contributed by atoms with Gasteiger partial charge in [-0.15, -0.1) is 0 Å². The number of halogens is 1. The van der Waals surface area contributed by atoms with Gasteiger partial charge in [-0.2, -0.15) is 0 Å². The average molecular weight is 287 g/mol. The van der Waals surface area contributed by atoms with E-state index in [2.05, 4.69) is 5.32 Å². The van der Waals surface area contributed by atoms with E-state index in [9.17, 15) is 14.3 Å². The van der Waals surface area contributed by atoms with Crippen LogP contribution in [0.5, 0.6) is 0 Å². The van der Waals surface area contributed by atoms with Gasteiger partial charge in [0.05, 0.1) is 0 Å². The van der Waals surface area contributed by atoms with Crippen molar-refractivity contribution >= 4 is 11.7 Å². The fourth-order valence-corrected chi connectivity index (χ4v) is 2.34. The van der Waals surface area contributed by atoms with E-state index in [1.807, 2.05) is 19.1 Å². The number of nitrogens with one attached hydrogen (secondary N) is 1. The molecule has 0 fully saturated rings. The molecule has 0 bridgehead atoms. The zero-order chi connectivity index (χ0) is 15.5. The average Bonchev–Trinajstić information content (AvgIpc) is 2.45. The van der Waals surface area contributed by atoms with Crippen LogP contribution in [0.2, 0.25) is 0 Å². The van der Waals surface area contributed by atoms with E-state index in [4.69, 9.17) is 0 Å². The molecule has 0 saturated carbocycles. The highest BCUT2D eigenvalue weighted by atomic mass is 19.1. The number of anilines is 1. The maximum atomic E-state index is 13.3. The first-order valence-electron chi connectivity index (χ1n) is 6.82. The molecule has 2 N–H and O–H groups in total. The molecule has 0 aliphatic carbocycles. The molecule has 3 nitrogen and oxygen atoms in total. The standard InChI is InChI=1S/C17H18FNO2/c1-3-17(16(20)21,13-9-7-12(2)8-10-13)19-15-6-4-5-14(18)11-15/h4-11,19H,3H2,1-2H3,(H,20,21). The SMILES string of the molecule is CCC(Nc1cccc(F)c1)(C(=O)O)c1ccc(C)cc1. The molecule has 0 heterocycles. The van der Waals surface area contributed by atoms with Crippen LogP contribution in [0.15, 0.2) is 48.5 Å². The van der Waals surface area contributed by atoms with Gasteiger partial charge >= 0.3 is 5.97 Å². The third kappa shape index (κ3) is 3.05. The van der Waals surface area contributed by atoms with Crippen molar-refractivity contribution < 1.29 is 14.3 Å². The summed E-state index contributed by atoms with van der Waals surface area (Å²) in [6, 6.07) is 13.1. The molecule has 21 heavy (non-hydrogen) atoms. The van der Waals surface area contributed by atoms with Gasteiger partial charge < -0.3 is 10.4 Å². The smallest absolute Gasteiger partial charge is 0.334 e. The van der Waals surface area contributed by atoms with Crippen LogP contribution < -0.4 is 5.32 Å². The van der Waals surface area contributed by atoms with E-state index in [1.54, 1.807) is 31.2 Å². The summed E-state index contributed by atoms with van der Waals surface area (Å²) in [4.78, 5) is 11.9. The molecule has 4 heteroatoms. The van der Waals surface area contributed by atoms with E-state index in [0.29, 0.717) is 17.7 Å². The van der Waals surface area contributed by atoms with Crippen molar-refractivity contribution in [2.24, 2.45) is 0 Å². The van der Waals surface area contributed by atoms with Gasteiger partial charge in [-0.25, -0.2) is 9.18 Å². The second-order valence-electron chi connectivity index (χ2n) is 5.07. The summed E-state index contributed by atoms with van der Waals surface area (Å²) in [6.07, 6.45) is 0.335. The Bertz CT molecular complexity index is 639. The number of carboxylic acids is 1. The molecule has 2 rings (SSSR count). The maximum Gasteiger partial charge on any atom is 0.334 e. The van der Waals surface area contributed by atoms with Gasteiger partial charge in [-0.05, 0) is 37.1 Å². The van der Waals surface area contributed by atoms with E-state index < -0.39 is 17.3 Å². The van der Waals surface area contributed by atoms with Gasteiger partial charge in [-0.3, -0.25) is 0 Å². The van der Waals surface area contributed by atoms with Crippen LogP contribution in [0, 0.1) is 12.7 Å². The van der Waals surface area contributed by atoms with Crippen LogP contribution >= 0.6 is 0 Å². The number of carbonyl (C=O) groups is 1. The lowest BCUT2D eigenvalue weighted by Crippen LogP contribution is -2.43. The van der Waals surface area contributed by atoms with Crippen molar-refractivity contribution in [1.29, 1.82) is 0 Å².